The highest BCUT2D eigenvalue weighted by Gasteiger charge is 2.17. The Morgan fingerprint density at radius 2 is 2.17 bits per heavy atom. The molecule has 24 heavy (non-hydrogen) atoms. The number of carbonyl (C=O) groups excluding carboxylic acids is 1. The molecule has 0 atom stereocenters. The zero-order valence-corrected chi connectivity index (χ0v) is 14.1. The van der Waals surface area contributed by atoms with Crippen molar-refractivity contribution in [3.8, 4) is 10.6 Å². The predicted octanol–water partition coefficient (Wildman–Crippen LogP) is 2.47. The van der Waals surface area contributed by atoms with Crippen molar-refractivity contribution < 1.29 is 4.79 Å². The molecule has 0 aliphatic heterocycles. The van der Waals surface area contributed by atoms with Crippen LogP contribution in [0.3, 0.4) is 0 Å². The van der Waals surface area contributed by atoms with Crippen LogP contribution in [0.4, 0.5) is 5.69 Å². The molecular weight excluding hydrogens is 346 g/mol. The highest BCUT2D eigenvalue weighted by molar-refractivity contribution is 7.15. The number of thiophene rings is 1. The van der Waals surface area contributed by atoms with E-state index in [0.29, 0.717) is 10.7 Å². The van der Waals surface area contributed by atoms with Gasteiger partial charge in [0.15, 0.2) is 4.96 Å². The minimum absolute atomic E-state index is 0.134. The third kappa shape index (κ3) is 2.43. The maximum Gasteiger partial charge on any atom is 0.282 e. The van der Waals surface area contributed by atoms with Gasteiger partial charge in [0, 0.05) is 18.6 Å². The van der Waals surface area contributed by atoms with Gasteiger partial charge in [-0.2, -0.15) is 5.10 Å². The van der Waals surface area contributed by atoms with E-state index in [4.69, 9.17) is 0 Å². The summed E-state index contributed by atoms with van der Waals surface area (Å²) >= 11 is 2.90. The number of nitrogens with one attached hydrogen (secondary N) is 1. The Balaban J connectivity index is 1.66. The van der Waals surface area contributed by atoms with E-state index >= 15 is 0 Å². The summed E-state index contributed by atoms with van der Waals surface area (Å²) in [6.45, 7) is 0. The van der Waals surface area contributed by atoms with E-state index in [9.17, 15) is 9.59 Å². The number of aromatic nitrogens is 4. The second-order valence-corrected chi connectivity index (χ2v) is 6.82. The van der Waals surface area contributed by atoms with Gasteiger partial charge in [0.2, 0.25) is 0 Å². The molecule has 1 amide bonds. The van der Waals surface area contributed by atoms with Crippen LogP contribution in [0.5, 0.6) is 0 Å². The SMILES string of the molecule is Cn1nc(-c2cccs2)cc1C(=O)Nc1cnc2sccn2c1=O. The first-order chi connectivity index (χ1) is 11.6. The number of thiazole rings is 1. The first kappa shape index (κ1) is 14.8. The van der Waals surface area contributed by atoms with Crippen LogP contribution in [-0.2, 0) is 7.05 Å². The van der Waals surface area contributed by atoms with Gasteiger partial charge in [-0.3, -0.25) is 18.7 Å². The lowest BCUT2D eigenvalue weighted by atomic mass is 10.3. The molecule has 0 saturated heterocycles. The monoisotopic (exact) mass is 357 g/mol. The lowest BCUT2D eigenvalue weighted by Gasteiger charge is -2.04. The number of aryl methyl sites for hydroxylation is 1. The Bertz CT molecular complexity index is 1090. The van der Waals surface area contributed by atoms with Crippen molar-refractivity contribution in [2.75, 3.05) is 5.32 Å². The minimum Gasteiger partial charge on any atom is -0.315 e. The standard InChI is InChI=1S/C15H11N5O2S2/c1-19-11(7-9(18-19)12-3-2-5-23-12)13(21)17-10-8-16-15-20(14(10)22)4-6-24-15/h2-8H,1H3,(H,17,21). The Hall–Kier alpha value is -2.78. The quantitative estimate of drug-likeness (QED) is 0.611. The lowest BCUT2D eigenvalue weighted by molar-refractivity contribution is 0.101. The molecule has 0 aliphatic rings. The average molecular weight is 357 g/mol. The van der Waals surface area contributed by atoms with Crippen LogP contribution in [0.2, 0.25) is 0 Å². The van der Waals surface area contributed by atoms with Crippen LogP contribution in [0.15, 0.2) is 46.1 Å². The van der Waals surface area contributed by atoms with E-state index in [2.05, 4.69) is 15.4 Å². The zero-order valence-electron chi connectivity index (χ0n) is 12.5. The highest BCUT2D eigenvalue weighted by Crippen LogP contribution is 2.24. The molecule has 4 aromatic heterocycles. The Kier molecular flexibility index (Phi) is 3.51. The number of fused-ring (bicyclic) bond motifs is 1. The number of anilines is 1. The number of nitrogens with zero attached hydrogens (tertiary/aromatic N) is 4. The lowest BCUT2D eigenvalue weighted by Crippen LogP contribution is -2.23. The normalized spacial score (nSPS) is 11.0. The van der Waals surface area contributed by atoms with E-state index in [1.165, 1.54) is 26.6 Å². The zero-order chi connectivity index (χ0) is 16.7. The van der Waals surface area contributed by atoms with E-state index in [1.54, 1.807) is 36.0 Å². The van der Waals surface area contributed by atoms with E-state index in [1.807, 2.05) is 17.5 Å². The summed E-state index contributed by atoms with van der Waals surface area (Å²) in [4.78, 5) is 30.6. The van der Waals surface area contributed by atoms with Gasteiger partial charge in [-0.15, -0.1) is 22.7 Å². The second-order valence-electron chi connectivity index (χ2n) is 5.00. The molecular formula is C15H11N5O2S2. The van der Waals surface area contributed by atoms with Gasteiger partial charge in [0.25, 0.3) is 11.5 Å². The minimum atomic E-state index is -0.401. The molecule has 4 heterocycles. The summed E-state index contributed by atoms with van der Waals surface area (Å²) in [6, 6.07) is 5.57. The Labute approximate surface area is 143 Å². The van der Waals surface area contributed by atoms with Crippen molar-refractivity contribution in [2.24, 2.45) is 7.05 Å². The molecule has 120 valence electrons. The largest absolute Gasteiger partial charge is 0.315 e. The molecule has 1 N–H and O–H groups in total. The topological polar surface area (TPSA) is 81.3 Å². The first-order valence-corrected chi connectivity index (χ1v) is 8.73. The first-order valence-electron chi connectivity index (χ1n) is 6.97. The number of rotatable bonds is 3. The summed E-state index contributed by atoms with van der Waals surface area (Å²) in [5.41, 5.74) is 0.916. The Morgan fingerprint density at radius 3 is 2.96 bits per heavy atom. The number of carbonyl (C=O) groups is 1. The van der Waals surface area contributed by atoms with Gasteiger partial charge in [0.05, 0.1) is 11.1 Å². The maximum atomic E-state index is 12.5. The van der Waals surface area contributed by atoms with E-state index in [-0.39, 0.29) is 11.2 Å². The van der Waals surface area contributed by atoms with Crippen molar-refractivity contribution in [1.29, 1.82) is 0 Å². The van der Waals surface area contributed by atoms with E-state index < -0.39 is 5.91 Å². The van der Waals surface area contributed by atoms with Crippen molar-refractivity contribution in [2.45, 2.75) is 0 Å². The molecule has 0 aromatic carbocycles. The summed E-state index contributed by atoms with van der Waals surface area (Å²) in [5.74, 6) is -0.401. The number of hydrogen-bond acceptors (Lipinski definition) is 6. The molecule has 0 aliphatic carbocycles. The summed E-state index contributed by atoms with van der Waals surface area (Å²) < 4.78 is 2.90. The van der Waals surface area contributed by atoms with Gasteiger partial charge in [0.1, 0.15) is 17.1 Å². The van der Waals surface area contributed by atoms with Crippen LogP contribution >= 0.6 is 22.7 Å². The fraction of sp³-hybridized carbons (Fsp3) is 0.0667. The van der Waals surface area contributed by atoms with Crippen LogP contribution in [-0.4, -0.2) is 25.1 Å². The number of hydrogen-bond donors (Lipinski definition) is 1. The third-order valence-electron chi connectivity index (χ3n) is 3.48. The van der Waals surface area contributed by atoms with Gasteiger partial charge in [-0.1, -0.05) is 6.07 Å². The van der Waals surface area contributed by atoms with Crippen LogP contribution in [0, 0.1) is 0 Å². The van der Waals surface area contributed by atoms with Crippen molar-refractivity contribution in [3.05, 3.63) is 57.4 Å². The Morgan fingerprint density at radius 1 is 1.29 bits per heavy atom. The van der Waals surface area contributed by atoms with Crippen molar-refractivity contribution in [1.82, 2.24) is 19.2 Å². The molecule has 4 aromatic rings. The molecule has 9 heteroatoms. The van der Waals surface area contributed by atoms with Gasteiger partial charge >= 0.3 is 0 Å². The predicted molar refractivity (Wildman–Crippen MR) is 93.8 cm³/mol. The van der Waals surface area contributed by atoms with Gasteiger partial charge in [-0.25, -0.2) is 4.98 Å². The molecule has 0 bridgehead atoms. The van der Waals surface area contributed by atoms with Crippen LogP contribution in [0.1, 0.15) is 10.5 Å². The van der Waals surface area contributed by atoms with Crippen molar-refractivity contribution in [3.63, 3.8) is 0 Å². The highest BCUT2D eigenvalue weighted by atomic mass is 32.1. The third-order valence-corrected chi connectivity index (χ3v) is 5.14. The smallest absolute Gasteiger partial charge is 0.282 e. The summed E-state index contributed by atoms with van der Waals surface area (Å²) in [7, 11) is 1.69. The maximum absolute atomic E-state index is 12.5. The van der Waals surface area contributed by atoms with Crippen LogP contribution in [0.25, 0.3) is 15.5 Å². The second kappa shape index (κ2) is 5.69. The molecule has 4 rings (SSSR count). The molecule has 7 nitrogen and oxygen atoms in total. The molecule has 0 fully saturated rings. The van der Waals surface area contributed by atoms with E-state index in [0.717, 1.165) is 10.6 Å². The molecule has 0 spiro atoms. The van der Waals surface area contributed by atoms with Crippen LogP contribution < -0.4 is 10.9 Å². The molecule has 0 radical (unpaired) electrons. The fourth-order valence-corrected chi connectivity index (χ4v) is 3.68. The average Bonchev–Trinajstić information content (AvgIpc) is 3.29. The fourth-order valence-electron chi connectivity index (χ4n) is 2.32. The van der Waals surface area contributed by atoms with Gasteiger partial charge in [-0.05, 0) is 17.5 Å². The number of amides is 1. The summed E-state index contributed by atoms with van der Waals surface area (Å²) in [5, 5.41) is 10.7. The molecule has 0 saturated carbocycles. The van der Waals surface area contributed by atoms with Crippen molar-refractivity contribution >= 4 is 39.2 Å². The molecule has 0 unspecified atom stereocenters. The summed E-state index contributed by atoms with van der Waals surface area (Å²) in [6.07, 6.45) is 3.01. The van der Waals surface area contributed by atoms with Gasteiger partial charge < -0.3 is 5.32 Å².